The molecule has 0 aliphatic carbocycles. The molecular weight excluding hydrogens is 274 g/mol. The Kier molecular flexibility index (Phi) is 3.96. The number of fused-ring (bicyclic) bond motifs is 1. The summed E-state index contributed by atoms with van der Waals surface area (Å²) in [5.41, 5.74) is 2.16. The highest BCUT2D eigenvalue weighted by Crippen LogP contribution is 2.29. The number of ether oxygens (including phenoxy) is 1. The minimum absolute atomic E-state index is 0.146. The molecule has 2 aromatic carbocycles. The normalized spacial score (nSPS) is 12.3. The van der Waals surface area contributed by atoms with Crippen LogP contribution in [-0.4, -0.2) is 10.4 Å². The maximum atomic E-state index is 11.6. The number of hydrogen-bond donors (Lipinski definition) is 0. The van der Waals surface area contributed by atoms with Gasteiger partial charge in [0.05, 0.1) is 11.6 Å². The number of carbonyl (C=O) groups excluding carboxylic acids is 1. The minimum atomic E-state index is -0.165. The van der Waals surface area contributed by atoms with Crippen molar-refractivity contribution in [2.75, 3.05) is 0 Å². The van der Waals surface area contributed by atoms with Crippen molar-refractivity contribution in [3.05, 3.63) is 66.4 Å². The molecular formula is C19H19NO2. The van der Waals surface area contributed by atoms with Crippen LogP contribution in [0.4, 0.5) is 0 Å². The lowest BCUT2D eigenvalue weighted by Gasteiger charge is -2.13. The van der Waals surface area contributed by atoms with E-state index in [4.69, 9.17) is 4.74 Å². The van der Waals surface area contributed by atoms with Gasteiger partial charge in [0.2, 0.25) is 0 Å². The van der Waals surface area contributed by atoms with Crippen molar-refractivity contribution >= 4 is 16.7 Å². The van der Waals surface area contributed by atoms with Crippen molar-refractivity contribution < 1.29 is 9.53 Å². The quantitative estimate of drug-likeness (QED) is 0.699. The van der Waals surface area contributed by atoms with Crippen LogP contribution in [0.2, 0.25) is 0 Å². The van der Waals surface area contributed by atoms with E-state index in [1.165, 1.54) is 0 Å². The molecule has 1 aromatic heterocycles. The van der Waals surface area contributed by atoms with E-state index in [-0.39, 0.29) is 11.8 Å². The Morgan fingerprint density at radius 3 is 2.59 bits per heavy atom. The third-order valence-electron chi connectivity index (χ3n) is 3.97. The number of nitrogens with zero attached hydrogens (tertiary/aromatic N) is 1. The highest BCUT2D eigenvalue weighted by Gasteiger charge is 2.14. The predicted molar refractivity (Wildman–Crippen MR) is 88.1 cm³/mol. The summed E-state index contributed by atoms with van der Waals surface area (Å²) in [6, 6.07) is 17.9. The van der Waals surface area contributed by atoms with E-state index < -0.39 is 0 Å². The van der Waals surface area contributed by atoms with Crippen molar-refractivity contribution in [1.29, 1.82) is 0 Å². The molecule has 1 heterocycles. The Morgan fingerprint density at radius 1 is 1.09 bits per heavy atom. The lowest BCUT2D eigenvalue weighted by molar-refractivity contribution is -0.119. The molecule has 0 amide bonds. The van der Waals surface area contributed by atoms with Crippen molar-refractivity contribution in [3.63, 3.8) is 0 Å². The highest BCUT2D eigenvalue weighted by molar-refractivity contribution is 5.89. The highest BCUT2D eigenvalue weighted by atomic mass is 16.5. The summed E-state index contributed by atoms with van der Waals surface area (Å²) >= 11 is 0. The summed E-state index contributed by atoms with van der Waals surface area (Å²) in [6.45, 7) is 4.07. The average molecular weight is 293 g/mol. The van der Waals surface area contributed by atoms with E-state index in [1.54, 1.807) is 6.92 Å². The van der Waals surface area contributed by atoms with Crippen LogP contribution < -0.4 is 4.74 Å². The van der Waals surface area contributed by atoms with Crippen molar-refractivity contribution in [1.82, 2.24) is 4.57 Å². The van der Waals surface area contributed by atoms with Gasteiger partial charge in [0.15, 0.2) is 5.78 Å². The van der Waals surface area contributed by atoms with Gasteiger partial charge in [0.25, 0.3) is 0 Å². The Hall–Kier alpha value is -2.55. The predicted octanol–water partition coefficient (Wildman–Crippen LogP) is 4.37. The van der Waals surface area contributed by atoms with Gasteiger partial charge >= 0.3 is 0 Å². The van der Waals surface area contributed by atoms with E-state index in [0.29, 0.717) is 6.61 Å². The monoisotopic (exact) mass is 293 g/mol. The summed E-state index contributed by atoms with van der Waals surface area (Å²) in [5, 5.41) is 1.03. The molecule has 0 bridgehead atoms. The molecule has 0 radical (unpaired) electrons. The molecule has 0 N–H and O–H groups in total. The first-order valence-corrected chi connectivity index (χ1v) is 7.43. The van der Waals surface area contributed by atoms with Gasteiger partial charge in [0.1, 0.15) is 12.4 Å². The number of hydrogen-bond acceptors (Lipinski definition) is 2. The fraction of sp³-hybridized carbons (Fsp3) is 0.211. The second-order valence-electron chi connectivity index (χ2n) is 5.47. The number of carbonyl (C=O) groups is 1. The van der Waals surface area contributed by atoms with Gasteiger partial charge in [-0.2, -0.15) is 0 Å². The number of Topliss-reactive ketones (excluding diaryl/α,β-unsaturated/α-hetero) is 1. The first-order valence-electron chi connectivity index (χ1n) is 7.43. The number of aromatic nitrogens is 1. The third-order valence-corrected chi connectivity index (χ3v) is 3.97. The zero-order valence-corrected chi connectivity index (χ0v) is 12.8. The fourth-order valence-electron chi connectivity index (χ4n) is 2.56. The Bertz CT molecular complexity index is 790. The summed E-state index contributed by atoms with van der Waals surface area (Å²) in [6.07, 6.45) is 1.95. The Balaban J connectivity index is 1.90. The zero-order chi connectivity index (χ0) is 15.5. The van der Waals surface area contributed by atoms with E-state index in [1.807, 2.05) is 72.3 Å². The van der Waals surface area contributed by atoms with E-state index >= 15 is 0 Å². The van der Waals surface area contributed by atoms with Gasteiger partial charge in [-0.15, -0.1) is 0 Å². The fourth-order valence-corrected chi connectivity index (χ4v) is 2.56. The lowest BCUT2D eigenvalue weighted by atomic mass is 10.2. The number of benzene rings is 2. The Labute approximate surface area is 130 Å². The molecule has 3 nitrogen and oxygen atoms in total. The molecule has 112 valence electrons. The second-order valence-corrected chi connectivity index (χ2v) is 5.47. The maximum Gasteiger partial charge on any atom is 0.152 e. The van der Waals surface area contributed by atoms with Gasteiger partial charge in [0, 0.05) is 11.6 Å². The zero-order valence-electron chi connectivity index (χ0n) is 12.8. The minimum Gasteiger partial charge on any atom is -0.488 e. The van der Waals surface area contributed by atoms with E-state index in [2.05, 4.69) is 0 Å². The van der Waals surface area contributed by atoms with Crippen LogP contribution in [-0.2, 0) is 11.4 Å². The molecule has 22 heavy (non-hydrogen) atoms. The Morgan fingerprint density at radius 2 is 1.86 bits per heavy atom. The first kappa shape index (κ1) is 14.4. The van der Waals surface area contributed by atoms with Crippen LogP contribution >= 0.6 is 0 Å². The second kappa shape index (κ2) is 6.06. The molecule has 3 aromatic rings. The third kappa shape index (κ3) is 2.75. The summed E-state index contributed by atoms with van der Waals surface area (Å²) in [5.74, 6) is 0.990. The largest absolute Gasteiger partial charge is 0.488 e. The van der Waals surface area contributed by atoms with Gasteiger partial charge in [-0.05, 0) is 37.6 Å². The summed E-state index contributed by atoms with van der Waals surface area (Å²) in [7, 11) is 0. The smallest absolute Gasteiger partial charge is 0.152 e. The van der Waals surface area contributed by atoms with Crippen LogP contribution in [0.1, 0.15) is 25.5 Å². The van der Waals surface area contributed by atoms with Crippen molar-refractivity contribution in [2.24, 2.45) is 0 Å². The maximum absolute atomic E-state index is 11.6. The van der Waals surface area contributed by atoms with Gasteiger partial charge < -0.3 is 9.30 Å². The standard InChI is InChI=1S/C19H19NO2/c1-14(15(2)21)20-12-11-17-18(20)9-6-10-19(17)22-13-16-7-4-3-5-8-16/h3-12,14H,13H2,1-2H3. The van der Waals surface area contributed by atoms with Gasteiger partial charge in [-0.25, -0.2) is 0 Å². The average Bonchev–Trinajstić information content (AvgIpc) is 2.97. The molecule has 0 fully saturated rings. The number of rotatable bonds is 5. The van der Waals surface area contributed by atoms with Gasteiger partial charge in [-0.1, -0.05) is 36.4 Å². The van der Waals surface area contributed by atoms with Crippen LogP contribution in [0.3, 0.4) is 0 Å². The van der Waals surface area contributed by atoms with Gasteiger partial charge in [-0.3, -0.25) is 4.79 Å². The topological polar surface area (TPSA) is 31.2 Å². The molecule has 0 saturated heterocycles. The molecule has 0 aliphatic rings. The van der Waals surface area contributed by atoms with E-state index in [9.17, 15) is 4.79 Å². The van der Waals surface area contributed by atoms with Crippen molar-refractivity contribution in [2.45, 2.75) is 26.5 Å². The molecule has 0 aliphatic heterocycles. The molecule has 0 saturated carbocycles. The molecule has 0 spiro atoms. The molecule has 3 rings (SSSR count). The van der Waals surface area contributed by atoms with Crippen LogP contribution in [0.5, 0.6) is 5.75 Å². The van der Waals surface area contributed by atoms with Crippen LogP contribution in [0, 0.1) is 0 Å². The van der Waals surface area contributed by atoms with E-state index in [0.717, 1.165) is 22.2 Å². The number of ketones is 1. The lowest BCUT2D eigenvalue weighted by Crippen LogP contribution is -2.11. The SMILES string of the molecule is CC(=O)C(C)n1ccc2c(OCc3ccccc3)cccc21. The summed E-state index contributed by atoms with van der Waals surface area (Å²) < 4.78 is 7.95. The molecule has 3 heteroatoms. The van der Waals surface area contributed by atoms with Crippen LogP contribution in [0.15, 0.2) is 60.8 Å². The first-order chi connectivity index (χ1) is 10.7. The molecule has 1 atom stereocenters. The molecule has 1 unspecified atom stereocenters. The van der Waals surface area contributed by atoms with Crippen LogP contribution in [0.25, 0.3) is 10.9 Å². The van der Waals surface area contributed by atoms with Crippen molar-refractivity contribution in [3.8, 4) is 5.75 Å². The summed E-state index contributed by atoms with van der Waals surface area (Å²) in [4.78, 5) is 11.6.